The number of rotatable bonds is 4. The summed E-state index contributed by atoms with van der Waals surface area (Å²) < 4.78 is 3.21. The van der Waals surface area contributed by atoms with Crippen LogP contribution in [0.5, 0.6) is 0 Å². The Morgan fingerprint density at radius 1 is 1.57 bits per heavy atom. The third-order valence-electron chi connectivity index (χ3n) is 2.97. The molecule has 6 nitrogen and oxygen atoms in total. The topological polar surface area (TPSA) is 75.7 Å². The van der Waals surface area contributed by atoms with Crippen LogP contribution < -0.4 is 5.32 Å². The second-order valence-electron chi connectivity index (χ2n) is 4.49. The number of esters is 1. The quantitative estimate of drug-likeness (QED) is 0.347. The minimum Gasteiger partial charge on any atom is -0.456 e. The number of carbonyl (C=O) groups excluding carboxylic acids is 3. The Balaban J connectivity index is 2.13. The minimum atomic E-state index is -1.71. The van der Waals surface area contributed by atoms with E-state index in [1.807, 2.05) is 0 Å². The van der Waals surface area contributed by atoms with E-state index in [2.05, 4.69) is 5.32 Å². The molecule has 1 fully saturated rings. The van der Waals surface area contributed by atoms with E-state index in [0.29, 0.717) is 17.7 Å². The lowest BCUT2D eigenvalue weighted by molar-refractivity contribution is -0.152. The molecule has 116 valence electrons. The molecule has 10 heteroatoms. The molecule has 0 aromatic heterocycles. The van der Waals surface area contributed by atoms with Crippen molar-refractivity contribution in [3.8, 4) is 0 Å². The molecule has 2 heterocycles. The van der Waals surface area contributed by atoms with E-state index in [9.17, 15) is 14.4 Å². The van der Waals surface area contributed by atoms with Gasteiger partial charge in [-0.3, -0.25) is 14.5 Å². The van der Waals surface area contributed by atoms with Gasteiger partial charge < -0.3 is 10.1 Å². The van der Waals surface area contributed by atoms with Gasteiger partial charge in [0.25, 0.3) is 5.91 Å². The summed E-state index contributed by atoms with van der Waals surface area (Å²) in [6.45, 7) is 1.31. The van der Waals surface area contributed by atoms with Crippen LogP contribution in [0.4, 0.5) is 0 Å². The molecule has 21 heavy (non-hydrogen) atoms. The average molecular weight is 374 g/mol. The molecule has 1 N–H and O–H groups in total. The maximum atomic E-state index is 12.1. The lowest BCUT2D eigenvalue weighted by Crippen LogP contribution is -2.69. The van der Waals surface area contributed by atoms with E-state index in [-0.39, 0.29) is 17.0 Å². The highest BCUT2D eigenvalue weighted by Gasteiger charge is 2.53. The van der Waals surface area contributed by atoms with Gasteiger partial charge in [-0.1, -0.05) is 34.8 Å². The Morgan fingerprint density at radius 2 is 2.24 bits per heavy atom. The van der Waals surface area contributed by atoms with E-state index in [0.717, 1.165) is 0 Å². The van der Waals surface area contributed by atoms with Crippen LogP contribution >= 0.6 is 46.6 Å². The van der Waals surface area contributed by atoms with Crippen LogP contribution in [-0.4, -0.2) is 50.8 Å². The number of nitrogens with zero attached hydrogens (tertiary/aromatic N) is 1. The van der Waals surface area contributed by atoms with Crippen molar-refractivity contribution in [2.45, 2.75) is 22.1 Å². The molecule has 2 rings (SSSR count). The van der Waals surface area contributed by atoms with Gasteiger partial charge in [0, 0.05) is 5.75 Å². The normalized spacial score (nSPS) is 25.1. The fourth-order valence-corrected chi connectivity index (χ4v) is 3.54. The number of ether oxygens (including phenoxy) is 1. The third-order valence-corrected chi connectivity index (χ3v) is 4.72. The van der Waals surface area contributed by atoms with Crippen LogP contribution in [0.15, 0.2) is 11.3 Å². The Hall–Kier alpha value is -0.630. The molecule has 1 saturated heterocycles. The van der Waals surface area contributed by atoms with Crippen LogP contribution in [0.25, 0.3) is 0 Å². The number of hydrogen-bond acceptors (Lipinski definition) is 5. The number of nitrogens with one attached hydrogen (secondary N) is 1. The summed E-state index contributed by atoms with van der Waals surface area (Å²) in [5.41, 5.74) is 0.852. The van der Waals surface area contributed by atoms with Crippen molar-refractivity contribution >= 4 is 64.9 Å². The lowest BCUT2D eigenvalue weighted by atomic mass is 10.0. The van der Waals surface area contributed by atoms with Gasteiger partial charge in [-0.25, -0.2) is 4.79 Å². The zero-order chi connectivity index (χ0) is 15.8. The monoisotopic (exact) mass is 372 g/mol. The highest BCUT2D eigenvalue weighted by Crippen LogP contribution is 2.40. The van der Waals surface area contributed by atoms with E-state index in [1.54, 1.807) is 6.92 Å². The molecule has 0 spiro atoms. The van der Waals surface area contributed by atoms with Crippen molar-refractivity contribution in [2.75, 3.05) is 12.4 Å². The van der Waals surface area contributed by atoms with Crippen molar-refractivity contribution in [1.29, 1.82) is 0 Å². The average Bonchev–Trinajstić information content (AvgIpc) is 2.41. The van der Waals surface area contributed by atoms with Crippen LogP contribution in [0.1, 0.15) is 6.92 Å². The van der Waals surface area contributed by atoms with Crippen LogP contribution in [0.2, 0.25) is 0 Å². The second kappa shape index (κ2) is 6.24. The summed E-state index contributed by atoms with van der Waals surface area (Å²) >= 11 is 18.0. The molecule has 0 aromatic rings. The van der Waals surface area contributed by atoms with Gasteiger partial charge >= 0.3 is 5.97 Å². The van der Waals surface area contributed by atoms with E-state index < -0.39 is 22.4 Å². The molecule has 2 aliphatic rings. The number of hydrogen-bond donors (Lipinski definition) is 1. The fourth-order valence-electron chi connectivity index (χ4n) is 2.07. The number of amides is 2. The number of carbonyl (C=O) groups is 3. The summed E-state index contributed by atoms with van der Waals surface area (Å²) in [4.78, 5) is 35.9. The zero-order valence-electron chi connectivity index (χ0n) is 10.8. The maximum Gasteiger partial charge on any atom is 0.355 e. The van der Waals surface area contributed by atoms with Crippen molar-refractivity contribution in [1.82, 2.24) is 10.2 Å². The van der Waals surface area contributed by atoms with Crippen molar-refractivity contribution in [2.24, 2.45) is 0 Å². The number of alkyl halides is 3. The highest BCUT2D eigenvalue weighted by molar-refractivity contribution is 8.00. The SMILES string of the molecule is CC1=C(C(=O)OCC(Cl)(Cl)Cl)N2C(=O)[C@@H](NC=O)[C@@H]2SC1. The van der Waals surface area contributed by atoms with Crippen molar-refractivity contribution < 1.29 is 19.1 Å². The minimum absolute atomic E-state index is 0.155. The first-order valence-electron chi connectivity index (χ1n) is 5.84. The molecular weight excluding hydrogens is 363 g/mol. The van der Waals surface area contributed by atoms with Gasteiger partial charge in [-0.2, -0.15) is 0 Å². The Bertz CT molecular complexity index is 520. The number of thioether (sulfide) groups is 1. The Labute approximate surface area is 140 Å². The summed E-state index contributed by atoms with van der Waals surface area (Å²) in [5, 5.41) is 2.11. The van der Waals surface area contributed by atoms with E-state index >= 15 is 0 Å². The predicted molar refractivity (Wildman–Crippen MR) is 80.0 cm³/mol. The predicted octanol–water partition coefficient (Wildman–Crippen LogP) is 1.20. The van der Waals surface area contributed by atoms with Gasteiger partial charge in [-0.15, -0.1) is 11.8 Å². The maximum absolute atomic E-state index is 12.1. The third kappa shape index (κ3) is 3.41. The lowest BCUT2D eigenvalue weighted by Gasteiger charge is -2.49. The Morgan fingerprint density at radius 3 is 2.81 bits per heavy atom. The number of halogens is 3. The molecule has 0 saturated carbocycles. The van der Waals surface area contributed by atoms with Crippen molar-refractivity contribution in [3.63, 3.8) is 0 Å². The number of fused-ring (bicyclic) bond motifs is 1. The first-order chi connectivity index (χ1) is 9.76. The first kappa shape index (κ1) is 16.7. The molecule has 0 aliphatic carbocycles. The molecule has 0 unspecified atom stereocenters. The molecule has 2 aliphatic heterocycles. The smallest absolute Gasteiger partial charge is 0.355 e. The molecule has 0 radical (unpaired) electrons. The van der Waals surface area contributed by atoms with Crippen LogP contribution in [0.3, 0.4) is 0 Å². The molecular formula is C11H11Cl3N2O4S. The van der Waals surface area contributed by atoms with Gasteiger partial charge in [0.15, 0.2) is 0 Å². The van der Waals surface area contributed by atoms with Gasteiger partial charge in [0.1, 0.15) is 23.7 Å². The van der Waals surface area contributed by atoms with E-state index in [1.165, 1.54) is 16.7 Å². The Kier molecular flexibility index (Phi) is 4.97. The molecule has 0 aromatic carbocycles. The van der Waals surface area contributed by atoms with Gasteiger partial charge in [-0.05, 0) is 12.5 Å². The summed E-state index contributed by atoms with van der Waals surface area (Å²) in [6, 6.07) is -0.628. The largest absolute Gasteiger partial charge is 0.456 e. The first-order valence-corrected chi connectivity index (χ1v) is 8.02. The second-order valence-corrected chi connectivity index (χ2v) is 8.11. The zero-order valence-corrected chi connectivity index (χ0v) is 13.9. The van der Waals surface area contributed by atoms with Gasteiger partial charge in [0.2, 0.25) is 10.2 Å². The summed E-state index contributed by atoms with van der Waals surface area (Å²) in [6.07, 6.45) is 0.465. The van der Waals surface area contributed by atoms with E-state index in [4.69, 9.17) is 39.5 Å². The fraction of sp³-hybridized carbons (Fsp3) is 0.545. The van der Waals surface area contributed by atoms with Crippen LogP contribution in [-0.2, 0) is 19.1 Å². The van der Waals surface area contributed by atoms with Gasteiger partial charge in [0.05, 0.1) is 0 Å². The van der Waals surface area contributed by atoms with Crippen LogP contribution in [0, 0.1) is 0 Å². The molecule has 2 atom stereocenters. The summed E-state index contributed by atoms with van der Waals surface area (Å²) in [5.74, 6) is -0.537. The standard InChI is InChI=1S/C11H11Cl3N2O4S/c1-5-2-21-9-6(15-4-17)8(18)16(9)7(5)10(19)20-3-11(12,13)14/h4,6,9H,2-3H2,1H3,(H,15,17)/t6-,9+/m1/s1. The molecule has 2 amide bonds. The number of β-lactam (4-membered cyclic amide) rings is 1. The molecule has 0 bridgehead atoms. The highest BCUT2D eigenvalue weighted by atomic mass is 35.6. The van der Waals surface area contributed by atoms with Crippen molar-refractivity contribution in [3.05, 3.63) is 11.3 Å². The summed E-state index contributed by atoms with van der Waals surface area (Å²) in [7, 11) is 0.